The Bertz CT molecular complexity index is 626. The number of fused-ring (bicyclic) bond motifs is 1. The highest BCUT2D eigenvalue weighted by Crippen LogP contribution is 2.17. The quantitative estimate of drug-likeness (QED) is 0.838. The molecule has 0 aliphatic rings. The summed E-state index contributed by atoms with van der Waals surface area (Å²) < 4.78 is 0. The van der Waals surface area contributed by atoms with E-state index < -0.39 is 0 Å². The van der Waals surface area contributed by atoms with Crippen molar-refractivity contribution in [1.29, 1.82) is 0 Å². The lowest BCUT2D eigenvalue weighted by atomic mass is 10.1. The fourth-order valence-electron chi connectivity index (χ4n) is 2.37. The third-order valence-electron chi connectivity index (χ3n) is 3.58. The Kier molecular flexibility index (Phi) is 5.51. The van der Waals surface area contributed by atoms with Gasteiger partial charge in [0.1, 0.15) is 0 Å². The number of benzene rings is 1. The van der Waals surface area contributed by atoms with Gasteiger partial charge >= 0.3 is 0 Å². The molecule has 0 radical (unpaired) electrons. The van der Waals surface area contributed by atoms with E-state index in [4.69, 9.17) is 0 Å². The molecule has 2 aromatic rings. The van der Waals surface area contributed by atoms with Crippen molar-refractivity contribution in [2.24, 2.45) is 5.92 Å². The molecular formula is C19H26N2. The Balaban J connectivity index is 2.15. The third-order valence-corrected chi connectivity index (χ3v) is 3.58. The zero-order chi connectivity index (χ0) is 15.2. The van der Waals surface area contributed by atoms with Crippen LogP contribution in [0.1, 0.15) is 38.4 Å². The summed E-state index contributed by atoms with van der Waals surface area (Å²) in [6.07, 6.45) is 3.38. The molecule has 2 rings (SSSR count). The van der Waals surface area contributed by atoms with Crippen LogP contribution < -0.4 is 5.32 Å². The predicted octanol–water partition coefficient (Wildman–Crippen LogP) is 4.58. The number of nitrogens with zero attached hydrogens (tertiary/aromatic N) is 1. The van der Waals surface area contributed by atoms with E-state index in [1.807, 2.05) is 6.92 Å². The van der Waals surface area contributed by atoms with E-state index in [0.717, 1.165) is 30.7 Å². The van der Waals surface area contributed by atoms with Gasteiger partial charge in [-0.25, -0.2) is 0 Å². The summed E-state index contributed by atoms with van der Waals surface area (Å²) in [4.78, 5) is 4.55. The first-order valence-corrected chi connectivity index (χ1v) is 7.86. The van der Waals surface area contributed by atoms with Crippen molar-refractivity contribution in [1.82, 2.24) is 10.3 Å². The van der Waals surface area contributed by atoms with E-state index >= 15 is 0 Å². The van der Waals surface area contributed by atoms with E-state index in [0.29, 0.717) is 5.92 Å². The molecule has 112 valence electrons. The Labute approximate surface area is 128 Å². The summed E-state index contributed by atoms with van der Waals surface area (Å²) in [5.74, 6) is 0.693. The van der Waals surface area contributed by atoms with Crippen LogP contribution in [0.25, 0.3) is 17.0 Å². The number of aromatic nitrogens is 1. The van der Waals surface area contributed by atoms with Crippen molar-refractivity contribution in [3.05, 3.63) is 47.2 Å². The van der Waals surface area contributed by atoms with Crippen LogP contribution in [0.5, 0.6) is 0 Å². The van der Waals surface area contributed by atoms with Crippen LogP contribution >= 0.6 is 0 Å². The Morgan fingerprint density at radius 2 is 2.05 bits per heavy atom. The normalized spacial score (nSPS) is 12.3. The van der Waals surface area contributed by atoms with Crippen LogP contribution in [-0.4, -0.2) is 18.1 Å². The number of pyridine rings is 1. The average Bonchev–Trinajstić information content (AvgIpc) is 2.46. The molecular weight excluding hydrogens is 256 g/mol. The topological polar surface area (TPSA) is 24.9 Å². The molecule has 1 aromatic heterocycles. The van der Waals surface area contributed by atoms with Crippen molar-refractivity contribution in [3.63, 3.8) is 0 Å². The molecule has 0 fully saturated rings. The van der Waals surface area contributed by atoms with Gasteiger partial charge in [0.05, 0.1) is 5.52 Å². The second-order valence-corrected chi connectivity index (χ2v) is 6.09. The minimum absolute atomic E-state index is 0.693. The SMILES string of the molecule is CC/C(=C/c1ccc2nc(C)ccc2c1)CNCC(C)C. The van der Waals surface area contributed by atoms with Gasteiger partial charge in [0, 0.05) is 17.6 Å². The zero-order valence-corrected chi connectivity index (χ0v) is 13.6. The van der Waals surface area contributed by atoms with Crippen LogP contribution in [0.4, 0.5) is 0 Å². The number of hydrogen-bond acceptors (Lipinski definition) is 2. The smallest absolute Gasteiger partial charge is 0.0705 e. The Hall–Kier alpha value is -1.67. The highest BCUT2D eigenvalue weighted by atomic mass is 14.9. The van der Waals surface area contributed by atoms with Crippen molar-refractivity contribution in [3.8, 4) is 0 Å². The third kappa shape index (κ3) is 4.68. The molecule has 0 aliphatic heterocycles. The monoisotopic (exact) mass is 282 g/mol. The molecule has 0 amide bonds. The van der Waals surface area contributed by atoms with Crippen LogP contribution in [0.3, 0.4) is 0 Å². The highest BCUT2D eigenvalue weighted by Gasteiger charge is 2.00. The van der Waals surface area contributed by atoms with Gasteiger partial charge in [0.2, 0.25) is 0 Å². The van der Waals surface area contributed by atoms with E-state index in [1.165, 1.54) is 16.5 Å². The van der Waals surface area contributed by atoms with Gasteiger partial charge in [-0.3, -0.25) is 4.98 Å². The van der Waals surface area contributed by atoms with Crippen molar-refractivity contribution in [2.45, 2.75) is 34.1 Å². The van der Waals surface area contributed by atoms with Gasteiger partial charge in [0.25, 0.3) is 0 Å². The van der Waals surface area contributed by atoms with Gasteiger partial charge in [0.15, 0.2) is 0 Å². The fourth-order valence-corrected chi connectivity index (χ4v) is 2.37. The number of nitrogens with one attached hydrogen (secondary N) is 1. The lowest BCUT2D eigenvalue weighted by Crippen LogP contribution is -2.21. The first-order valence-electron chi connectivity index (χ1n) is 7.86. The molecule has 21 heavy (non-hydrogen) atoms. The summed E-state index contributed by atoms with van der Waals surface area (Å²) >= 11 is 0. The van der Waals surface area contributed by atoms with Crippen molar-refractivity contribution in [2.75, 3.05) is 13.1 Å². The molecule has 0 bridgehead atoms. The van der Waals surface area contributed by atoms with Crippen LogP contribution in [-0.2, 0) is 0 Å². The molecule has 0 unspecified atom stereocenters. The van der Waals surface area contributed by atoms with Gasteiger partial charge < -0.3 is 5.32 Å². The van der Waals surface area contributed by atoms with Crippen molar-refractivity contribution >= 4 is 17.0 Å². The number of hydrogen-bond donors (Lipinski definition) is 1. The molecule has 2 heteroatoms. The van der Waals surface area contributed by atoms with Crippen LogP contribution in [0, 0.1) is 12.8 Å². The summed E-state index contributed by atoms with van der Waals surface area (Å²) in [5, 5.41) is 4.73. The molecule has 1 aromatic carbocycles. The Morgan fingerprint density at radius 1 is 1.24 bits per heavy atom. The standard InChI is InChI=1S/C19H26N2/c1-5-16(13-20-12-14(2)3)10-17-7-9-19-18(11-17)8-6-15(4)21-19/h6-11,14,20H,5,12-13H2,1-4H3/b16-10-. The molecule has 0 saturated heterocycles. The molecule has 1 N–H and O–H groups in total. The van der Waals surface area contributed by atoms with Gasteiger partial charge in [-0.15, -0.1) is 0 Å². The van der Waals surface area contributed by atoms with E-state index in [1.54, 1.807) is 0 Å². The van der Waals surface area contributed by atoms with E-state index in [9.17, 15) is 0 Å². The maximum Gasteiger partial charge on any atom is 0.0705 e. The van der Waals surface area contributed by atoms with Crippen LogP contribution in [0.15, 0.2) is 35.9 Å². The molecule has 0 atom stereocenters. The molecule has 0 spiro atoms. The maximum absolute atomic E-state index is 4.55. The maximum atomic E-state index is 4.55. The second-order valence-electron chi connectivity index (χ2n) is 6.09. The predicted molar refractivity (Wildman–Crippen MR) is 92.5 cm³/mol. The lowest BCUT2D eigenvalue weighted by molar-refractivity contribution is 0.569. The zero-order valence-electron chi connectivity index (χ0n) is 13.6. The molecule has 0 aliphatic carbocycles. The van der Waals surface area contributed by atoms with Gasteiger partial charge in [-0.2, -0.15) is 0 Å². The average molecular weight is 282 g/mol. The van der Waals surface area contributed by atoms with Gasteiger partial charge in [-0.1, -0.05) is 44.6 Å². The lowest BCUT2D eigenvalue weighted by Gasteiger charge is -2.10. The van der Waals surface area contributed by atoms with Gasteiger partial charge in [-0.05, 0) is 49.6 Å². The minimum Gasteiger partial charge on any atom is -0.313 e. The molecule has 1 heterocycles. The summed E-state index contributed by atoms with van der Waals surface area (Å²) in [6, 6.07) is 10.7. The number of aryl methyl sites for hydroxylation is 1. The summed E-state index contributed by atoms with van der Waals surface area (Å²) in [5.41, 5.74) is 4.84. The summed E-state index contributed by atoms with van der Waals surface area (Å²) in [6.45, 7) is 10.8. The molecule has 2 nitrogen and oxygen atoms in total. The largest absolute Gasteiger partial charge is 0.313 e. The fraction of sp³-hybridized carbons (Fsp3) is 0.421. The van der Waals surface area contributed by atoms with Crippen LogP contribution in [0.2, 0.25) is 0 Å². The second kappa shape index (κ2) is 7.37. The first-order chi connectivity index (χ1) is 10.1. The molecule has 0 saturated carbocycles. The number of rotatable bonds is 6. The summed E-state index contributed by atoms with van der Waals surface area (Å²) in [7, 11) is 0. The van der Waals surface area contributed by atoms with E-state index in [-0.39, 0.29) is 0 Å². The van der Waals surface area contributed by atoms with Crippen molar-refractivity contribution < 1.29 is 0 Å². The van der Waals surface area contributed by atoms with E-state index in [2.05, 4.69) is 67.5 Å². The highest BCUT2D eigenvalue weighted by molar-refractivity contribution is 5.81. The first kappa shape index (κ1) is 15.7. The Morgan fingerprint density at radius 3 is 2.76 bits per heavy atom. The minimum atomic E-state index is 0.693.